The quantitative estimate of drug-likeness (QED) is 0.732. The Bertz CT molecular complexity index is 696. The van der Waals surface area contributed by atoms with Crippen molar-refractivity contribution < 1.29 is 23.9 Å². The van der Waals surface area contributed by atoms with Crippen molar-refractivity contribution in [3.63, 3.8) is 0 Å². The summed E-state index contributed by atoms with van der Waals surface area (Å²) in [5.41, 5.74) is 0.514. The van der Waals surface area contributed by atoms with E-state index in [2.05, 4.69) is 10.6 Å². The molecular formula is C16H19N3O5S. The minimum absolute atomic E-state index is 0.325. The molecule has 8 nitrogen and oxygen atoms in total. The van der Waals surface area contributed by atoms with Crippen molar-refractivity contribution in [2.24, 2.45) is 0 Å². The number of rotatable bonds is 6. The molecule has 134 valence electrons. The standard InChI is InChI=1S/C16H19N3O5S/c1-25-7-4-11-15(21)19(16(22)18-11)9-14(20)17-10-2-3-12-13(8-10)24-6-5-23-12/h2-3,8,11H,4-7,9H2,1H3,(H,17,20)(H,18,22)/t11-/m1/s1. The van der Waals surface area contributed by atoms with E-state index in [4.69, 9.17) is 9.47 Å². The number of nitrogens with one attached hydrogen (secondary N) is 2. The number of urea groups is 1. The van der Waals surface area contributed by atoms with Gasteiger partial charge in [0.15, 0.2) is 11.5 Å². The predicted molar refractivity (Wildman–Crippen MR) is 93.1 cm³/mol. The molecule has 25 heavy (non-hydrogen) atoms. The fraction of sp³-hybridized carbons (Fsp3) is 0.438. The van der Waals surface area contributed by atoms with Crippen LogP contribution < -0.4 is 20.1 Å². The number of carbonyl (C=O) groups is 3. The normalized spacial score (nSPS) is 18.9. The van der Waals surface area contributed by atoms with Gasteiger partial charge in [0.05, 0.1) is 0 Å². The molecule has 1 fully saturated rings. The monoisotopic (exact) mass is 365 g/mol. The lowest BCUT2D eigenvalue weighted by Crippen LogP contribution is -2.38. The van der Waals surface area contributed by atoms with Gasteiger partial charge in [-0.25, -0.2) is 4.79 Å². The summed E-state index contributed by atoms with van der Waals surface area (Å²) < 4.78 is 10.9. The van der Waals surface area contributed by atoms with Crippen molar-refractivity contribution in [2.45, 2.75) is 12.5 Å². The third kappa shape index (κ3) is 3.98. The zero-order valence-electron chi connectivity index (χ0n) is 13.7. The van der Waals surface area contributed by atoms with E-state index in [0.29, 0.717) is 36.8 Å². The third-order valence-corrected chi connectivity index (χ3v) is 4.49. The van der Waals surface area contributed by atoms with Gasteiger partial charge in [0.25, 0.3) is 5.91 Å². The Balaban J connectivity index is 1.59. The van der Waals surface area contributed by atoms with Crippen LogP contribution in [0, 0.1) is 0 Å². The van der Waals surface area contributed by atoms with E-state index in [-0.39, 0.29) is 12.5 Å². The zero-order valence-corrected chi connectivity index (χ0v) is 14.6. The average Bonchev–Trinajstić information content (AvgIpc) is 2.87. The van der Waals surface area contributed by atoms with Crippen LogP contribution in [0.2, 0.25) is 0 Å². The van der Waals surface area contributed by atoms with Crippen LogP contribution in [0.1, 0.15) is 6.42 Å². The van der Waals surface area contributed by atoms with Gasteiger partial charge in [0.1, 0.15) is 25.8 Å². The molecule has 0 radical (unpaired) electrons. The van der Waals surface area contributed by atoms with Gasteiger partial charge in [-0.15, -0.1) is 0 Å². The second-order valence-electron chi connectivity index (χ2n) is 5.61. The summed E-state index contributed by atoms with van der Waals surface area (Å²) >= 11 is 1.60. The number of amides is 4. The van der Waals surface area contributed by atoms with Gasteiger partial charge in [-0.2, -0.15) is 11.8 Å². The summed E-state index contributed by atoms with van der Waals surface area (Å²) in [6, 6.07) is 3.95. The summed E-state index contributed by atoms with van der Waals surface area (Å²) in [4.78, 5) is 37.3. The molecule has 0 spiro atoms. The van der Waals surface area contributed by atoms with Crippen LogP contribution in [-0.2, 0) is 9.59 Å². The van der Waals surface area contributed by atoms with E-state index in [9.17, 15) is 14.4 Å². The van der Waals surface area contributed by atoms with E-state index in [1.807, 2.05) is 6.26 Å². The Kier molecular flexibility index (Phi) is 5.32. The molecule has 0 aliphatic carbocycles. The van der Waals surface area contributed by atoms with Crippen LogP contribution in [-0.4, -0.2) is 60.6 Å². The molecule has 2 aliphatic rings. The second-order valence-corrected chi connectivity index (χ2v) is 6.60. The maximum absolute atomic E-state index is 12.2. The van der Waals surface area contributed by atoms with E-state index in [0.717, 1.165) is 10.7 Å². The Morgan fingerprint density at radius 2 is 2.08 bits per heavy atom. The molecular weight excluding hydrogens is 346 g/mol. The lowest BCUT2D eigenvalue weighted by molar-refractivity contribution is -0.130. The van der Waals surface area contributed by atoms with Crippen LogP contribution >= 0.6 is 11.8 Å². The Morgan fingerprint density at radius 1 is 1.32 bits per heavy atom. The fourth-order valence-corrected chi connectivity index (χ4v) is 3.09. The maximum Gasteiger partial charge on any atom is 0.325 e. The smallest absolute Gasteiger partial charge is 0.325 e. The van der Waals surface area contributed by atoms with Gasteiger partial charge < -0.3 is 20.1 Å². The molecule has 2 N–H and O–H groups in total. The van der Waals surface area contributed by atoms with Crippen LogP contribution in [0.3, 0.4) is 0 Å². The SMILES string of the molecule is CSCC[C@H]1NC(=O)N(CC(=O)Nc2ccc3c(c2)OCCO3)C1=O. The first-order chi connectivity index (χ1) is 12.1. The number of hydrogen-bond donors (Lipinski definition) is 2. The van der Waals surface area contributed by atoms with Gasteiger partial charge in [-0.1, -0.05) is 0 Å². The van der Waals surface area contributed by atoms with Gasteiger partial charge in [0, 0.05) is 11.8 Å². The van der Waals surface area contributed by atoms with Crippen molar-refractivity contribution >= 4 is 35.3 Å². The molecule has 4 amide bonds. The Morgan fingerprint density at radius 3 is 2.84 bits per heavy atom. The van der Waals surface area contributed by atoms with Crippen LogP contribution in [0.25, 0.3) is 0 Å². The van der Waals surface area contributed by atoms with E-state index in [1.54, 1.807) is 30.0 Å². The maximum atomic E-state index is 12.2. The average molecular weight is 365 g/mol. The molecule has 9 heteroatoms. The molecule has 1 aromatic rings. The topological polar surface area (TPSA) is 97.0 Å². The van der Waals surface area contributed by atoms with Crippen molar-refractivity contribution in [3.05, 3.63) is 18.2 Å². The molecule has 2 heterocycles. The summed E-state index contributed by atoms with van der Waals surface area (Å²) in [5, 5.41) is 5.27. The molecule has 0 bridgehead atoms. The zero-order chi connectivity index (χ0) is 17.8. The summed E-state index contributed by atoms with van der Waals surface area (Å²) in [6.07, 6.45) is 2.48. The second kappa shape index (κ2) is 7.64. The third-order valence-electron chi connectivity index (χ3n) is 3.85. The molecule has 0 aromatic heterocycles. The van der Waals surface area contributed by atoms with Crippen LogP contribution in [0.5, 0.6) is 11.5 Å². The highest BCUT2D eigenvalue weighted by molar-refractivity contribution is 7.98. The summed E-state index contributed by atoms with van der Waals surface area (Å²) in [5.74, 6) is 1.11. The lowest BCUT2D eigenvalue weighted by atomic mass is 10.2. The van der Waals surface area contributed by atoms with Gasteiger partial charge in [-0.3, -0.25) is 14.5 Å². The first-order valence-corrected chi connectivity index (χ1v) is 9.28. The Hall–Kier alpha value is -2.42. The lowest BCUT2D eigenvalue weighted by Gasteiger charge is -2.19. The van der Waals surface area contributed by atoms with Crippen molar-refractivity contribution in [2.75, 3.05) is 37.1 Å². The predicted octanol–water partition coefficient (Wildman–Crippen LogP) is 1.07. The molecule has 1 atom stereocenters. The van der Waals surface area contributed by atoms with E-state index < -0.39 is 18.0 Å². The van der Waals surface area contributed by atoms with Gasteiger partial charge >= 0.3 is 6.03 Å². The highest BCUT2D eigenvalue weighted by Crippen LogP contribution is 2.32. The van der Waals surface area contributed by atoms with Crippen LogP contribution in [0.15, 0.2) is 18.2 Å². The number of benzene rings is 1. The molecule has 3 rings (SSSR count). The number of fused-ring (bicyclic) bond motifs is 1. The number of ether oxygens (including phenoxy) is 2. The molecule has 1 aromatic carbocycles. The minimum atomic E-state index is -0.554. The number of carbonyl (C=O) groups excluding carboxylic acids is 3. The highest BCUT2D eigenvalue weighted by atomic mass is 32.2. The summed E-state index contributed by atoms with van der Waals surface area (Å²) in [6.45, 7) is 0.613. The molecule has 2 aliphatic heterocycles. The first kappa shape index (κ1) is 17.4. The number of hydrogen-bond acceptors (Lipinski definition) is 6. The fourth-order valence-electron chi connectivity index (χ4n) is 2.62. The van der Waals surface area contributed by atoms with Gasteiger partial charge in [-0.05, 0) is 30.6 Å². The van der Waals surface area contributed by atoms with Crippen molar-refractivity contribution in [3.8, 4) is 11.5 Å². The molecule has 0 unspecified atom stereocenters. The highest BCUT2D eigenvalue weighted by Gasteiger charge is 2.38. The summed E-state index contributed by atoms with van der Waals surface area (Å²) in [7, 11) is 0. The largest absolute Gasteiger partial charge is 0.486 e. The molecule has 1 saturated heterocycles. The molecule has 0 saturated carbocycles. The van der Waals surface area contributed by atoms with Crippen LogP contribution in [0.4, 0.5) is 10.5 Å². The minimum Gasteiger partial charge on any atom is -0.486 e. The van der Waals surface area contributed by atoms with Gasteiger partial charge in [0.2, 0.25) is 5.91 Å². The van der Waals surface area contributed by atoms with E-state index >= 15 is 0 Å². The number of anilines is 1. The number of thioether (sulfide) groups is 1. The number of nitrogens with zero attached hydrogens (tertiary/aromatic N) is 1. The van der Waals surface area contributed by atoms with Crippen molar-refractivity contribution in [1.82, 2.24) is 10.2 Å². The van der Waals surface area contributed by atoms with E-state index in [1.165, 1.54) is 0 Å². The Labute approximate surface area is 149 Å². The van der Waals surface area contributed by atoms with Crippen molar-refractivity contribution in [1.29, 1.82) is 0 Å². The number of imide groups is 1. The first-order valence-electron chi connectivity index (χ1n) is 7.89.